The molecule has 2 heterocycles. The number of nitrogens with zero attached hydrogens (tertiary/aromatic N) is 2. The largest absolute Gasteiger partial charge is 0.305 e. The Hall–Kier alpha value is -3.46. The SMILES string of the molecule is Cc1cnc(-c2[c-]ccc(F)c2)cc1-c1ccccc1.[Ir].[c-]1ccccc1-c1ccccn1. The normalized spacial score (nSPS) is 9.88. The molecule has 33 heavy (non-hydrogen) atoms. The molecule has 2 aromatic heterocycles. The zero-order valence-corrected chi connectivity index (χ0v) is 20.4. The number of aromatic nitrogens is 2. The van der Waals surface area contributed by atoms with E-state index in [1.807, 2.05) is 79.9 Å². The molecule has 5 aromatic rings. The van der Waals surface area contributed by atoms with E-state index in [1.54, 1.807) is 12.3 Å². The minimum atomic E-state index is -0.276. The summed E-state index contributed by atoms with van der Waals surface area (Å²) in [6.07, 6.45) is 3.60. The Morgan fingerprint density at radius 2 is 1.45 bits per heavy atom. The maximum atomic E-state index is 13.3. The Morgan fingerprint density at radius 3 is 2.15 bits per heavy atom. The van der Waals surface area contributed by atoms with Gasteiger partial charge in [0.05, 0.1) is 0 Å². The minimum Gasteiger partial charge on any atom is -0.305 e. The third kappa shape index (κ3) is 6.52. The van der Waals surface area contributed by atoms with Crippen LogP contribution in [-0.2, 0) is 20.1 Å². The fourth-order valence-corrected chi connectivity index (χ4v) is 3.26. The van der Waals surface area contributed by atoms with Crippen molar-refractivity contribution in [3.63, 3.8) is 0 Å². The summed E-state index contributed by atoms with van der Waals surface area (Å²) in [4.78, 5) is 8.60. The van der Waals surface area contributed by atoms with Crippen LogP contribution in [0.2, 0.25) is 0 Å². The van der Waals surface area contributed by atoms with Crippen LogP contribution in [0.3, 0.4) is 0 Å². The number of hydrogen-bond donors (Lipinski definition) is 0. The molecule has 0 fully saturated rings. The van der Waals surface area contributed by atoms with Crippen LogP contribution in [0, 0.1) is 24.9 Å². The number of rotatable bonds is 3. The molecule has 0 aliphatic rings. The first kappa shape index (κ1) is 24.2. The molecule has 0 saturated heterocycles. The van der Waals surface area contributed by atoms with E-state index >= 15 is 0 Å². The molecule has 0 unspecified atom stereocenters. The van der Waals surface area contributed by atoms with E-state index in [0.29, 0.717) is 5.56 Å². The standard InChI is InChI=1S/C18H13FN.C11H8N.Ir/c1-13-12-20-18(15-8-5-9-16(19)10-15)11-17(13)14-6-3-2-4-7-14;1-2-6-10(7-3-1)11-8-4-5-9-12-11;/h2-7,9-12H,1H3;1-6,8-9H;/q2*-1;. The van der Waals surface area contributed by atoms with Gasteiger partial charge in [-0.05, 0) is 41.1 Å². The summed E-state index contributed by atoms with van der Waals surface area (Å²) in [7, 11) is 0. The molecule has 2 nitrogen and oxygen atoms in total. The smallest absolute Gasteiger partial charge is 0.0418 e. The van der Waals surface area contributed by atoms with Gasteiger partial charge >= 0.3 is 0 Å². The third-order valence-electron chi connectivity index (χ3n) is 4.88. The summed E-state index contributed by atoms with van der Waals surface area (Å²) < 4.78 is 13.3. The van der Waals surface area contributed by atoms with Gasteiger partial charge in [-0.3, -0.25) is 0 Å². The van der Waals surface area contributed by atoms with Crippen LogP contribution in [0.5, 0.6) is 0 Å². The first-order chi connectivity index (χ1) is 15.7. The summed E-state index contributed by atoms with van der Waals surface area (Å²) >= 11 is 0. The van der Waals surface area contributed by atoms with Crippen molar-refractivity contribution in [1.82, 2.24) is 9.97 Å². The van der Waals surface area contributed by atoms with E-state index in [4.69, 9.17) is 0 Å². The Morgan fingerprint density at radius 1 is 0.697 bits per heavy atom. The molecule has 0 bridgehead atoms. The van der Waals surface area contributed by atoms with E-state index < -0.39 is 0 Å². The second-order valence-electron chi connectivity index (χ2n) is 7.16. The van der Waals surface area contributed by atoms with E-state index in [-0.39, 0.29) is 25.9 Å². The zero-order chi connectivity index (χ0) is 22.2. The third-order valence-corrected chi connectivity index (χ3v) is 4.88. The van der Waals surface area contributed by atoms with Crippen molar-refractivity contribution in [2.75, 3.05) is 0 Å². The molecule has 0 spiro atoms. The summed E-state index contributed by atoms with van der Waals surface area (Å²) in [5.41, 5.74) is 6.74. The molecule has 4 heteroatoms. The number of hydrogen-bond acceptors (Lipinski definition) is 2. The number of halogens is 1. The van der Waals surface area contributed by atoms with Gasteiger partial charge < -0.3 is 9.97 Å². The van der Waals surface area contributed by atoms with Crippen molar-refractivity contribution in [3.05, 3.63) is 133 Å². The molecule has 1 radical (unpaired) electrons. The fourth-order valence-electron chi connectivity index (χ4n) is 3.26. The summed E-state index contributed by atoms with van der Waals surface area (Å²) in [6.45, 7) is 2.02. The van der Waals surface area contributed by atoms with Crippen molar-refractivity contribution >= 4 is 0 Å². The predicted molar refractivity (Wildman–Crippen MR) is 127 cm³/mol. The van der Waals surface area contributed by atoms with Crippen LogP contribution < -0.4 is 0 Å². The molecule has 0 saturated carbocycles. The van der Waals surface area contributed by atoms with Gasteiger partial charge in [0, 0.05) is 38.3 Å². The number of benzene rings is 3. The van der Waals surface area contributed by atoms with Crippen molar-refractivity contribution in [3.8, 4) is 33.6 Å². The molecule has 165 valence electrons. The van der Waals surface area contributed by atoms with Crippen molar-refractivity contribution in [2.24, 2.45) is 0 Å². The molecular formula is C29H21FIrN2-2. The summed E-state index contributed by atoms with van der Waals surface area (Å²) in [6, 6.07) is 36.3. The maximum Gasteiger partial charge on any atom is 0.0418 e. The molecule has 0 atom stereocenters. The monoisotopic (exact) mass is 609 g/mol. The maximum absolute atomic E-state index is 13.3. The van der Waals surface area contributed by atoms with Gasteiger partial charge in [0.1, 0.15) is 0 Å². The van der Waals surface area contributed by atoms with Gasteiger partial charge in [0.2, 0.25) is 0 Å². The Kier molecular flexibility index (Phi) is 8.77. The van der Waals surface area contributed by atoms with Gasteiger partial charge in [-0.2, -0.15) is 0 Å². The molecule has 3 aromatic carbocycles. The average Bonchev–Trinajstić information content (AvgIpc) is 2.86. The zero-order valence-electron chi connectivity index (χ0n) is 18.0. The van der Waals surface area contributed by atoms with E-state index in [9.17, 15) is 4.39 Å². The second-order valence-corrected chi connectivity index (χ2v) is 7.16. The van der Waals surface area contributed by atoms with E-state index in [2.05, 4.69) is 34.2 Å². The first-order valence-corrected chi connectivity index (χ1v) is 10.3. The Bertz CT molecular complexity index is 1240. The second kappa shape index (κ2) is 12.0. The number of aryl methyl sites for hydroxylation is 1. The van der Waals surface area contributed by atoms with Gasteiger partial charge in [-0.15, -0.1) is 65.7 Å². The van der Waals surface area contributed by atoms with Crippen LogP contribution in [0.15, 0.2) is 109 Å². The molecule has 5 rings (SSSR count). The number of pyridine rings is 2. The van der Waals surface area contributed by atoms with Crippen molar-refractivity contribution < 1.29 is 24.5 Å². The first-order valence-electron chi connectivity index (χ1n) is 10.3. The van der Waals surface area contributed by atoms with Crippen molar-refractivity contribution in [2.45, 2.75) is 6.92 Å². The topological polar surface area (TPSA) is 25.8 Å². The van der Waals surface area contributed by atoms with Gasteiger partial charge in [0.15, 0.2) is 0 Å². The summed E-state index contributed by atoms with van der Waals surface area (Å²) in [5, 5.41) is 0. The van der Waals surface area contributed by atoms with Crippen LogP contribution >= 0.6 is 0 Å². The van der Waals surface area contributed by atoms with E-state index in [1.165, 1.54) is 12.1 Å². The van der Waals surface area contributed by atoms with Crippen LogP contribution in [0.4, 0.5) is 4.39 Å². The predicted octanol–water partition coefficient (Wildman–Crippen LogP) is 7.21. The van der Waals surface area contributed by atoms with Gasteiger partial charge in [-0.25, -0.2) is 4.39 Å². The molecule has 0 amide bonds. The van der Waals surface area contributed by atoms with Crippen molar-refractivity contribution in [1.29, 1.82) is 0 Å². The minimum absolute atomic E-state index is 0. The summed E-state index contributed by atoms with van der Waals surface area (Å²) in [5.74, 6) is -0.276. The van der Waals surface area contributed by atoms with E-state index in [0.717, 1.165) is 33.6 Å². The van der Waals surface area contributed by atoms with Crippen LogP contribution in [-0.4, -0.2) is 9.97 Å². The van der Waals surface area contributed by atoms with Gasteiger partial charge in [-0.1, -0.05) is 48.5 Å². The fraction of sp³-hybridized carbons (Fsp3) is 0.0345. The van der Waals surface area contributed by atoms with Crippen LogP contribution in [0.1, 0.15) is 5.56 Å². The molecule has 0 N–H and O–H groups in total. The van der Waals surface area contributed by atoms with Crippen LogP contribution in [0.25, 0.3) is 33.6 Å². The molecular weight excluding hydrogens is 588 g/mol. The average molecular weight is 609 g/mol. The Labute approximate surface area is 207 Å². The molecule has 0 aliphatic heterocycles. The molecule has 0 aliphatic carbocycles. The van der Waals surface area contributed by atoms with Gasteiger partial charge in [0.25, 0.3) is 0 Å². The quantitative estimate of drug-likeness (QED) is 0.202. The Balaban J connectivity index is 0.000000202.